The number of sulfonamides is 2. The summed E-state index contributed by atoms with van der Waals surface area (Å²) in [6, 6.07) is -0.0441. The molecule has 0 atom stereocenters. The van der Waals surface area contributed by atoms with E-state index in [1.165, 1.54) is 17.5 Å². The van der Waals surface area contributed by atoms with Crippen LogP contribution in [0.3, 0.4) is 0 Å². The first-order valence-electron chi connectivity index (χ1n) is 8.02. The summed E-state index contributed by atoms with van der Waals surface area (Å²) in [5.41, 5.74) is 0.284. The van der Waals surface area contributed by atoms with Gasteiger partial charge in [0.15, 0.2) is 5.76 Å². The van der Waals surface area contributed by atoms with Gasteiger partial charge in [-0.1, -0.05) is 24.4 Å². The summed E-state index contributed by atoms with van der Waals surface area (Å²) in [5, 5.41) is 3.64. The van der Waals surface area contributed by atoms with Crippen molar-refractivity contribution in [3.05, 3.63) is 11.5 Å². The maximum atomic E-state index is 12.4. The Morgan fingerprint density at radius 1 is 1.17 bits per heavy atom. The summed E-state index contributed by atoms with van der Waals surface area (Å²) >= 11 is 0. The van der Waals surface area contributed by atoms with Crippen molar-refractivity contribution in [2.75, 3.05) is 19.3 Å². The minimum absolute atomic E-state index is 0.00988. The van der Waals surface area contributed by atoms with Gasteiger partial charge in [0.05, 0.1) is 6.26 Å². The number of aryl methyl sites for hydroxylation is 2. The Kier molecular flexibility index (Phi) is 6.05. The van der Waals surface area contributed by atoms with Crippen LogP contribution < -0.4 is 4.72 Å². The number of nitrogens with zero attached hydrogens (tertiary/aromatic N) is 2. The SMILES string of the molecule is Cc1noc(C)c1S(=O)(=O)NCCN(C1CCCCC1)S(C)(=O)=O. The first-order chi connectivity index (χ1) is 11.1. The Labute approximate surface area is 143 Å². The highest BCUT2D eigenvalue weighted by Crippen LogP contribution is 2.24. The van der Waals surface area contributed by atoms with Gasteiger partial charge in [-0.3, -0.25) is 0 Å². The Morgan fingerprint density at radius 3 is 2.29 bits per heavy atom. The quantitative estimate of drug-likeness (QED) is 0.761. The second-order valence-corrected chi connectivity index (χ2v) is 9.86. The molecule has 1 N–H and O–H groups in total. The van der Waals surface area contributed by atoms with Crippen molar-refractivity contribution in [3.63, 3.8) is 0 Å². The highest BCUT2D eigenvalue weighted by Gasteiger charge is 2.29. The number of rotatable bonds is 7. The Bertz CT molecular complexity index is 745. The molecular weight excluding hydrogens is 354 g/mol. The third-order valence-corrected chi connectivity index (χ3v) is 7.31. The van der Waals surface area contributed by atoms with Gasteiger partial charge < -0.3 is 4.52 Å². The molecule has 1 aliphatic carbocycles. The summed E-state index contributed by atoms with van der Waals surface area (Å²) in [4.78, 5) is 0.0195. The molecule has 0 bridgehead atoms. The van der Waals surface area contributed by atoms with Gasteiger partial charge in [-0.15, -0.1) is 0 Å². The standard InChI is InChI=1S/C14H25N3O5S2/c1-11-14(12(2)22-16-11)24(20,21)15-9-10-17(23(3,18)19)13-7-5-4-6-8-13/h13,15H,4-10H2,1-3H3. The third kappa shape index (κ3) is 4.56. The van der Waals surface area contributed by atoms with E-state index in [1.54, 1.807) is 6.92 Å². The molecule has 24 heavy (non-hydrogen) atoms. The number of nitrogens with one attached hydrogen (secondary N) is 1. The van der Waals surface area contributed by atoms with E-state index >= 15 is 0 Å². The average molecular weight is 380 g/mol. The molecule has 1 aliphatic rings. The van der Waals surface area contributed by atoms with Crippen LogP contribution in [0, 0.1) is 13.8 Å². The van der Waals surface area contributed by atoms with Crippen molar-refractivity contribution < 1.29 is 21.4 Å². The Morgan fingerprint density at radius 2 is 1.79 bits per heavy atom. The van der Waals surface area contributed by atoms with Crippen LogP contribution in [0.15, 0.2) is 9.42 Å². The molecule has 0 aromatic carbocycles. The van der Waals surface area contributed by atoms with Gasteiger partial charge in [0, 0.05) is 19.1 Å². The second-order valence-electron chi connectivity index (χ2n) is 6.22. The Balaban J connectivity index is 2.05. The van der Waals surface area contributed by atoms with Crippen LogP contribution in [-0.2, 0) is 20.0 Å². The lowest BCUT2D eigenvalue weighted by molar-refractivity contribution is 0.257. The summed E-state index contributed by atoms with van der Waals surface area (Å²) in [6.45, 7) is 3.21. The van der Waals surface area contributed by atoms with E-state index in [2.05, 4.69) is 9.88 Å². The summed E-state index contributed by atoms with van der Waals surface area (Å²) in [7, 11) is -7.16. The van der Waals surface area contributed by atoms with E-state index in [1.807, 2.05) is 0 Å². The van der Waals surface area contributed by atoms with Crippen molar-refractivity contribution in [1.82, 2.24) is 14.2 Å². The molecule has 1 fully saturated rings. The first-order valence-corrected chi connectivity index (χ1v) is 11.4. The van der Waals surface area contributed by atoms with E-state index in [9.17, 15) is 16.8 Å². The van der Waals surface area contributed by atoms with E-state index < -0.39 is 20.0 Å². The molecule has 0 aliphatic heterocycles. The zero-order valence-electron chi connectivity index (χ0n) is 14.3. The summed E-state index contributed by atoms with van der Waals surface area (Å²) < 4.78 is 57.6. The zero-order chi connectivity index (χ0) is 18.0. The fourth-order valence-electron chi connectivity index (χ4n) is 3.21. The van der Waals surface area contributed by atoms with Gasteiger partial charge in [0.25, 0.3) is 0 Å². The molecular formula is C14H25N3O5S2. The summed E-state index contributed by atoms with van der Waals surface area (Å²) in [6.07, 6.45) is 5.94. The third-order valence-electron chi connectivity index (χ3n) is 4.27. The van der Waals surface area contributed by atoms with Gasteiger partial charge in [-0.2, -0.15) is 4.31 Å². The lowest BCUT2D eigenvalue weighted by Crippen LogP contribution is -2.45. The second kappa shape index (κ2) is 7.51. The predicted molar refractivity (Wildman–Crippen MR) is 89.6 cm³/mol. The predicted octanol–water partition coefficient (Wildman–Crippen LogP) is 1.16. The summed E-state index contributed by atoms with van der Waals surface area (Å²) in [5.74, 6) is 0.215. The molecule has 1 aromatic rings. The van der Waals surface area contributed by atoms with Crippen LogP contribution in [-0.4, -0.2) is 51.7 Å². The normalized spacial score (nSPS) is 17.5. The molecule has 0 amide bonds. The lowest BCUT2D eigenvalue weighted by atomic mass is 9.95. The van der Waals surface area contributed by atoms with E-state index in [0.29, 0.717) is 0 Å². The highest BCUT2D eigenvalue weighted by molar-refractivity contribution is 7.89. The minimum atomic E-state index is -3.78. The van der Waals surface area contributed by atoms with Crippen LogP contribution in [0.4, 0.5) is 0 Å². The average Bonchev–Trinajstić information content (AvgIpc) is 2.83. The van der Waals surface area contributed by atoms with Gasteiger partial charge in [0.2, 0.25) is 20.0 Å². The van der Waals surface area contributed by atoms with Crippen LogP contribution >= 0.6 is 0 Å². The molecule has 0 spiro atoms. The minimum Gasteiger partial charge on any atom is -0.360 e. The van der Waals surface area contributed by atoms with Gasteiger partial charge in [0.1, 0.15) is 10.6 Å². The number of aromatic nitrogens is 1. The first kappa shape index (κ1) is 19.4. The van der Waals surface area contributed by atoms with Crippen LogP contribution in [0.1, 0.15) is 43.6 Å². The fourth-order valence-corrected chi connectivity index (χ4v) is 5.73. The van der Waals surface area contributed by atoms with Gasteiger partial charge in [-0.05, 0) is 26.7 Å². The zero-order valence-corrected chi connectivity index (χ0v) is 15.9. The maximum absolute atomic E-state index is 12.4. The molecule has 0 unspecified atom stereocenters. The van der Waals surface area contributed by atoms with Crippen molar-refractivity contribution in [2.24, 2.45) is 0 Å². The molecule has 10 heteroatoms. The van der Waals surface area contributed by atoms with Gasteiger partial charge in [-0.25, -0.2) is 21.6 Å². The van der Waals surface area contributed by atoms with Crippen molar-refractivity contribution in [2.45, 2.75) is 56.9 Å². The Hall–Kier alpha value is -0.970. The van der Waals surface area contributed by atoms with E-state index in [-0.39, 0.29) is 35.5 Å². The van der Waals surface area contributed by atoms with Crippen molar-refractivity contribution >= 4 is 20.0 Å². The van der Waals surface area contributed by atoms with Crippen LogP contribution in [0.5, 0.6) is 0 Å². The van der Waals surface area contributed by atoms with E-state index in [4.69, 9.17) is 4.52 Å². The number of hydrogen-bond acceptors (Lipinski definition) is 6. The molecule has 1 heterocycles. The topological polar surface area (TPSA) is 110 Å². The number of hydrogen-bond donors (Lipinski definition) is 1. The highest BCUT2D eigenvalue weighted by atomic mass is 32.2. The molecule has 138 valence electrons. The largest absolute Gasteiger partial charge is 0.360 e. The van der Waals surface area contributed by atoms with Crippen LogP contribution in [0.2, 0.25) is 0 Å². The van der Waals surface area contributed by atoms with Crippen molar-refractivity contribution in [3.8, 4) is 0 Å². The molecule has 2 rings (SSSR count). The van der Waals surface area contributed by atoms with Crippen LogP contribution in [0.25, 0.3) is 0 Å². The molecule has 8 nitrogen and oxygen atoms in total. The monoisotopic (exact) mass is 379 g/mol. The molecule has 1 aromatic heterocycles. The van der Waals surface area contributed by atoms with Crippen molar-refractivity contribution in [1.29, 1.82) is 0 Å². The molecule has 0 saturated heterocycles. The smallest absolute Gasteiger partial charge is 0.246 e. The van der Waals surface area contributed by atoms with Gasteiger partial charge >= 0.3 is 0 Å². The maximum Gasteiger partial charge on any atom is 0.246 e. The lowest BCUT2D eigenvalue weighted by Gasteiger charge is -2.32. The van der Waals surface area contributed by atoms with E-state index in [0.717, 1.165) is 32.1 Å². The molecule has 0 radical (unpaired) electrons. The fraction of sp³-hybridized carbons (Fsp3) is 0.786. The molecule has 1 saturated carbocycles.